The van der Waals surface area contributed by atoms with E-state index < -0.39 is 0 Å². The van der Waals surface area contributed by atoms with E-state index in [1.54, 1.807) is 12.1 Å². The molecule has 0 spiro atoms. The van der Waals surface area contributed by atoms with E-state index in [1.807, 2.05) is 24.3 Å². The van der Waals surface area contributed by atoms with Crippen molar-refractivity contribution >= 4 is 27.8 Å². The molecule has 1 aliphatic rings. The van der Waals surface area contributed by atoms with E-state index in [2.05, 4.69) is 15.9 Å². The number of allylic oxidation sites excluding steroid dienone is 1. The van der Waals surface area contributed by atoms with E-state index in [-0.39, 0.29) is 17.3 Å². The maximum absolute atomic E-state index is 12.1. The second-order valence-corrected chi connectivity index (χ2v) is 5.09. The van der Waals surface area contributed by atoms with Crippen LogP contribution in [0, 0.1) is 0 Å². The molecular formula is C15H9BrO3. The minimum Gasteiger partial charge on any atom is -0.508 e. The number of carbonyl (C=O) groups excluding carboxylic acids is 1. The Bertz CT molecular complexity index is 687. The lowest BCUT2D eigenvalue weighted by Crippen LogP contribution is -1.97. The van der Waals surface area contributed by atoms with Gasteiger partial charge in [-0.3, -0.25) is 4.79 Å². The van der Waals surface area contributed by atoms with Gasteiger partial charge in [0.1, 0.15) is 11.5 Å². The maximum Gasteiger partial charge on any atom is 0.231 e. The molecule has 1 heterocycles. The molecule has 4 heteroatoms. The Kier molecular flexibility index (Phi) is 2.87. The number of phenols is 1. The fourth-order valence-corrected chi connectivity index (χ4v) is 2.15. The first-order valence-corrected chi connectivity index (χ1v) is 6.45. The lowest BCUT2D eigenvalue weighted by atomic mass is 10.1. The summed E-state index contributed by atoms with van der Waals surface area (Å²) >= 11 is 3.35. The molecule has 19 heavy (non-hydrogen) atoms. The molecule has 2 aromatic carbocycles. The summed E-state index contributed by atoms with van der Waals surface area (Å²) in [6.07, 6.45) is 1.69. The van der Waals surface area contributed by atoms with E-state index in [4.69, 9.17) is 4.74 Å². The third kappa shape index (κ3) is 2.27. The second kappa shape index (κ2) is 4.55. The summed E-state index contributed by atoms with van der Waals surface area (Å²) in [5, 5.41) is 9.37. The first-order chi connectivity index (χ1) is 9.13. The SMILES string of the molecule is O=C1C(=Cc2ccc(Br)cc2)Oc2cc(O)ccc21. The average Bonchev–Trinajstić information content (AvgIpc) is 2.68. The molecule has 0 amide bonds. The predicted octanol–water partition coefficient (Wildman–Crippen LogP) is 3.77. The highest BCUT2D eigenvalue weighted by molar-refractivity contribution is 9.10. The van der Waals surface area contributed by atoms with Gasteiger partial charge >= 0.3 is 0 Å². The summed E-state index contributed by atoms with van der Waals surface area (Å²) in [5.74, 6) is 0.575. The average molecular weight is 317 g/mol. The van der Waals surface area contributed by atoms with Crippen LogP contribution in [0.1, 0.15) is 15.9 Å². The fraction of sp³-hybridized carbons (Fsp3) is 0. The van der Waals surface area contributed by atoms with E-state index in [0.29, 0.717) is 11.3 Å². The van der Waals surface area contributed by atoms with Gasteiger partial charge in [-0.1, -0.05) is 28.1 Å². The maximum atomic E-state index is 12.1. The highest BCUT2D eigenvalue weighted by atomic mass is 79.9. The molecule has 0 aromatic heterocycles. The number of ether oxygens (including phenoxy) is 1. The number of aromatic hydroxyl groups is 1. The number of hydrogen-bond donors (Lipinski definition) is 1. The molecule has 0 saturated carbocycles. The molecule has 0 radical (unpaired) electrons. The van der Waals surface area contributed by atoms with Gasteiger partial charge in [0.25, 0.3) is 0 Å². The van der Waals surface area contributed by atoms with Crippen molar-refractivity contribution in [1.29, 1.82) is 0 Å². The Labute approximate surface area is 118 Å². The lowest BCUT2D eigenvalue weighted by Gasteiger charge is -1.99. The van der Waals surface area contributed by atoms with Gasteiger partial charge in [0, 0.05) is 10.5 Å². The molecule has 94 valence electrons. The number of halogens is 1. The highest BCUT2D eigenvalue weighted by Crippen LogP contribution is 2.34. The van der Waals surface area contributed by atoms with Crippen molar-refractivity contribution in [2.45, 2.75) is 0 Å². The number of hydrogen-bond acceptors (Lipinski definition) is 3. The van der Waals surface area contributed by atoms with Crippen LogP contribution in [-0.4, -0.2) is 10.9 Å². The van der Waals surface area contributed by atoms with Crippen LogP contribution in [0.25, 0.3) is 6.08 Å². The number of rotatable bonds is 1. The summed E-state index contributed by atoms with van der Waals surface area (Å²) in [6.45, 7) is 0. The minimum absolute atomic E-state index is 0.0800. The molecule has 0 aliphatic carbocycles. The summed E-state index contributed by atoms with van der Waals surface area (Å²) in [4.78, 5) is 12.1. The number of ketones is 1. The lowest BCUT2D eigenvalue weighted by molar-refractivity contribution is 0.101. The Morgan fingerprint density at radius 3 is 2.58 bits per heavy atom. The summed E-state index contributed by atoms with van der Waals surface area (Å²) in [5.41, 5.74) is 1.35. The van der Waals surface area contributed by atoms with Crippen molar-refractivity contribution in [3.8, 4) is 11.5 Å². The summed E-state index contributed by atoms with van der Waals surface area (Å²) < 4.78 is 6.45. The molecule has 0 bridgehead atoms. The van der Waals surface area contributed by atoms with Crippen molar-refractivity contribution in [3.05, 3.63) is 63.8 Å². The normalized spacial score (nSPS) is 15.4. The number of phenolic OH excluding ortho intramolecular Hbond substituents is 1. The van der Waals surface area contributed by atoms with Gasteiger partial charge in [-0.15, -0.1) is 0 Å². The van der Waals surface area contributed by atoms with Gasteiger partial charge in [0.15, 0.2) is 5.76 Å². The van der Waals surface area contributed by atoms with Crippen LogP contribution >= 0.6 is 15.9 Å². The van der Waals surface area contributed by atoms with Crippen molar-refractivity contribution in [1.82, 2.24) is 0 Å². The first kappa shape index (κ1) is 12.0. The molecule has 3 rings (SSSR count). The van der Waals surface area contributed by atoms with Crippen LogP contribution < -0.4 is 4.74 Å². The number of carbonyl (C=O) groups is 1. The third-order valence-electron chi connectivity index (χ3n) is 2.82. The summed E-state index contributed by atoms with van der Waals surface area (Å²) in [6, 6.07) is 12.0. The second-order valence-electron chi connectivity index (χ2n) is 4.17. The number of benzene rings is 2. The van der Waals surface area contributed by atoms with Crippen LogP contribution in [-0.2, 0) is 0 Å². The van der Waals surface area contributed by atoms with E-state index in [0.717, 1.165) is 10.0 Å². The molecule has 3 nitrogen and oxygen atoms in total. The molecule has 2 aromatic rings. The third-order valence-corrected chi connectivity index (χ3v) is 3.35. The van der Waals surface area contributed by atoms with Gasteiger partial charge < -0.3 is 9.84 Å². The summed E-state index contributed by atoms with van der Waals surface area (Å²) in [7, 11) is 0. The van der Waals surface area contributed by atoms with Crippen molar-refractivity contribution < 1.29 is 14.6 Å². The van der Waals surface area contributed by atoms with Gasteiger partial charge in [-0.2, -0.15) is 0 Å². The predicted molar refractivity (Wildman–Crippen MR) is 75.2 cm³/mol. The quantitative estimate of drug-likeness (QED) is 0.815. The van der Waals surface area contributed by atoms with E-state index >= 15 is 0 Å². The van der Waals surface area contributed by atoms with Crippen LogP contribution in [0.3, 0.4) is 0 Å². The number of fused-ring (bicyclic) bond motifs is 1. The Hall–Kier alpha value is -2.07. The fourth-order valence-electron chi connectivity index (χ4n) is 1.89. The monoisotopic (exact) mass is 316 g/mol. The van der Waals surface area contributed by atoms with Gasteiger partial charge in [0.05, 0.1) is 5.56 Å². The van der Waals surface area contributed by atoms with Crippen molar-refractivity contribution in [2.24, 2.45) is 0 Å². The van der Waals surface area contributed by atoms with E-state index in [9.17, 15) is 9.90 Å². The zero-order valence-corrected chi connectivity index (χ0v) is 11.3. The van der Waals surface area contributed by atoms with E-state index in [1.165, 1.54) is 12.1 Å². The Morgan fingerprint density at radius 2 is 1.84 bits per heavy atom. The molecular weight excluding hydrogens is 308 g/mol. The smallest absolute Gasteiger partial charge is 0.231 e. The zero-order chi connectivity index (χ0) is 13.4. The molecule has 1 aliphatic heterocycles. The van der Waals surface area contributed by atoms with Crippen LogP contribution in [0.5, 0.6) is 11.5 Å². The molecule has 1 N–H and O–H groups in total. The van der Waals surface area contributed by atoms with Crippen molar-refractivity contribution in [3.63, 3.8) is 0 Å². The molecule has 0 fully saturated rings. The standard InChI is InChI=1S/C15H9BrO3/c16-10-3-1-9(2-4-10)7-14-15(18)12-6-5-11(17)8-13(12)19-14/h1-8,17H. The van der Waals surface area contributed by atoms with Crippen LogP contribution in [0.2, 0.25) is 0 Å². The molecule has 0 saturated heterocycles. The Morgan fingerprint density at radius 1 is 1.11 bits per heavy atom. The zero-order valence-electron chi connectivity index (χ0n) is 9.76. The topological polar surface area (TPSA) is 46.5 Å². The van der Waals surface area contributed by atoms with Crippen molar-refractivity contribution in [2.75, 3.05) is 0 Å². The Balaban J connectivity index is 1.97. The minimum atomic E-state index is -0.169. The largest absolute Gasteiger partial charge is 0.508 e. The van der Waals surface area contributed by atoms with Gasteiger partial charge in [-0.25, -0.2) is 0 Å². The first-order valence-electron chi connectivity index (χ1n) is 5.66. The highest BCUT2D eigenvalue weighted by Gasteiger charge is 2.27. The van der Waals surface area contributed by atoms with Crippen LogP contribution in [0.15, 0.2) is 52.7 Å². The molecule has 0 unspecified atom stereocenters. The number of Topliss-reactive ketones (excluding diaryl/α,β-unsaturated/α-hetero) is 1. The van der Waals surface area contributed by atoms with Crippen LogP contribution in [0.4, 0.5) is 0 Å². The molecule has 0 atom stereocenters. The van der Waals surface area contributed by atoms with Gasteiger partial charge in [-0.05, 0) is 35.9 Å². The van der Waals surface area contributed by atoms with Gasteiger partial charge in [0.2, 0.25) is 5.78 Å².